The number of halogens is 2. The van der Waals surface area contributed by atoms with Crippen molar-refractivity contribution in [2.24, 2.45) is 4.99 Å². The van der Waals surface area contributed by atoms with Gasteiger partial charge in [-0.3, -0.25) is 4.99 Å². The van der Waals surface area contributed by atoms with Crippen LogP contribution in [0, 0.1) is 0 Å². The number of hydrogen-bond acceptors (Lipinski definition) is 3. The van der Waals surface area contributed by atoms with Gasteiger partial charge in [0.15, 0.2) is 5.17 Å². The van der Waals surface area contributed by atoms with Gasteiger partial charge < -0.3 is 5.32 Å². The van der Waals surface area contributed by atoms with E-state index in [2.05, 4.69) is 5.32 Å². The molecule has 0 radical (unpaired) electrons. The summed E-state index contributed by atoms with van der Waals surface area (Å²) >= 11 is 13.8. The molecule has 0 amide bonds. The lowest BCUT2D eigenvalue weighted by Gasteiger charge is -2.23. The molecule has 0 spiro atoms. The van der Waals surface area contributed by atoms with Crippen molar-refractivity contribution in [3.05, 3.63) is 33.8 Å². The van der Waals surface area contributed by atoms with Gasteiger partial charge in [0.05, 0.1) is 12.1 Å². The molecular formula is C14H16Cl2N2S. The number of fused-ring (bicyclic) bond motifs is 1. The molecule has 1 aliphatic heterocycles. The summed E-state index contributed by atoms with van der Waals surface area (Å²) in [5.74, 6) is 0.835. The van der Waals surface area contributed by atoms with Crippen LogP contribution in [0.15, 0.2) is 23.2 Å². The molecule has 19 heavy (non-hydrogen) atoms. The summed E-state index contributed by atoms with van der Waals surface area (Å²) in [7, 11) is 0. The molecule has 2 unspecified atom stereocenters. The van der Waals surface area contributed by atoms with E-state index in [1.165, 1.54) is 25.7 Å². The van der Waals surface area contributed by atoms with Crippen LogP contribution in [0.2, 0.25) is 10.0 Å². The standard InChI is InChI=1S/C14H16Cl2N2S/c15-10-6-5-9(11(16)7-10)8-19-14-17-12-3-1-2-4-13(12)18-14/h5-7,12-13H,1-4,8H2,(H,17,18). The first kappa shape index (κ1) is 13.6. The average Bonchev–Trinajstić information content (AvgIpc) is 2.80. The molecule has 0 aromatic heterocycles. The Morgan fingerprint density at radius 3 is 2.89 bits per heavy atom. The molecule has 2 atom stereocenters. The molecule has 1 heterocycles. The van der Waals surface area contributed by atoms with Crippen LogP contribution in [-0.2, 0) is 5.75 Å². The zero-order valence-corrected chi connectivity index (χ0v) is 12.9. The van der Waals surface area contributed by atoms with Gasteiger partial charge in [-0.15, -0.1) is 0 Å². The third-order valence-electron chi connectivity index (χ3n) is 3.70. The Labute approximate surface area is 128 Å². The second-order valence-corrected chi connectivity index (χ2v) is 6.87. The third kappa shape index (κ3) is 3.21. The van der Waals surface area contributed by atoms with Crippen molar-refractivity contribution in [2.45, 2.75) is 43.5 Å². The van der Waals surface area contributed by atoms with Gasteiger partial charge in [0.2, 0.25) is 0 Å². The Bertz CT molecular complexity index is 504. The SMILES string of the molecule is Clc1ccc(CSC2=NC3CCCCC3N2)c(Cl)c1. The first-order valence-electron chi connectivity index (χ1n) is 6.63. The molecule has 1 aromatic carbocycles. The van der Waals surface area contributed by atoms with Crippen LogP contribution in [-0.4, -0.2) is 17.3 Å². The molecule has 0 saturated heterocycles. The summed E-state index contributed by atoms with van der Waals surface area (Å²) in [4.78, 5) is 4.77. The monoisotopic (exact) mass is 314 g/mol. The zero-order valence-electron chi connectivity index (χ0n) is 10.5. The van der Waals surface area contributed by atoms with Gasteiger partial charge in [-0.2, -0.15) is 0 Å². The van der Waals surface area contributed by atoms with Gasteiger partial charge in [-0.1, -0.05) is 53.9 Å². The normalized spacial score (nSPS) is 25.7. The average molecular weight is 315 g/mol. The molecule has 2 nitrogen and oxygen atoms in total. The van der Waals surface area contributed by atoms with Crippen LogP contribution in [0.5, 0.6) is 0 Å². The van der Waals surface area contributed by atoms with Crippen molar-refractivity contribution < 1.29 is 0 Å². The fourth-order valence-corrected chi connectivity index (χ4v) is 4.19. The molecule has 3 rings (SSSR count). The lowest BCUT2D eigenvalue weighted by Crippen LogP contribution is -2.36. The van der Waals surface area contributed by atoms with Crippen LogP contribution >= 0.6 is 35.0 Å². The number of amidine groups is 1. The maximum atomic E-state index is 6.18. The minimum Gasteiger partial charge on any atom is -0.360 e. The van der Waals surface area contributed by atoms with Crippen molar-refractivity contribution >= 4 is 40.1 Å². The molecule has 2 aliphatic rings. The van der Waals surface area contributed by atoms with Gasteiger partial charge in [0, 0.05) is 15.8 Å². The van der Waals surface area contributed by atoms with Gasteiger partial charge in [-0.05, 0) is 30.5 Å². The van der Waals surface area contributed by atoms with E-state index in [4.69, 9.17) is 28.2 Å². The minimum atomic E-state index is 0.497. The molecule has 1 aromatic rings. The fourth-order valence-electron chi connectivity index (χ4n) is 2.64. The van der Waals surface area contributed by atoms with Crippen LogP contribution in [0.25, 0.3) is 0 Å². The van der Waals surface area contributed by atoms with Crippen molar-refractivity contribution in [3.8, 4) is 0 Å². The summed E-state index contributed by atoms with van der Waals surface area (Å²) in [6.07, 6.45) is 5.11. The summed E-state index contributed by atoms with van der Waals surface area (Å²) in [5.41, 5.74) is 1.11. The first-order chi connectivity index (χ1) is 9.22. The largest absolute Gasteiger partial charge is 0.360 e. The Morgan fingerprint density at radius 2 is 2.11 bits per heavy atom. The van der Waals surface area contributed by atoms with Crippen molar-refractivity contribution in [1.29, 1.82) is 0 Å². The fraction of sp³-hybridized carbons (Fsp3) is 0.500. The second-order valence-electron chi connectivity index (χ2n) is 5.06. The summed E-state index contributed by atoms with van der Waals surface area (Å²) in [6.45, 7) is 0. The number of benzene rings is 1. The van der Waals surface area contributed by atoms with E-state index in [1.54, 1.807) is 17.8 Å². The van der Waals surface area contributed by atoms with Crippen molar-refractivity contribution in [3.63, 3.8) is 0 Å². The molecule has 102 valence electrons. The number of rotatable bonds is 2. The number of nitrogens with one attached hydrogen (secondary N) is 1. The zero-order chi connectivity index (χ0) is 13.2. The molecule has 1 aliphatic carbocycles. The number of hydrogen-bond donors (Lipinski definition) is 1. The van der Waals surface area contributed by atoms with Crippen LogP contribution in [0.1, 0.15) is 31.2 Å². The van der Waals surface area contributed by atoms with Crippen LogP contribution in [0.4, 0.5) is 0 Å². The maximum Gasteiger partial charge on any atom is 0.157 e. The predicted molar refractivity (Wildman–Crippen MR) is 84.4 cm³/mol. The lowest BCUT2D eigenvalue weighted by atomic mass is 9.92. The molecular weight excluding hydrogens is 299 g/mol. The third-order valence-corrected chi connectivity index (χ3v) is 5.24. The molecule has 5 heteroatoms. The smallest absolute Gasteiger partial charge is 0.157 e. The Kier molecular flexibility index (Phi) is 4.25. The minimum absolute atomic E-state index is 0.497. The van der Waals surface area contributed by atoms with Gasteiger partial charge in [0.1, 0.15) is 0 Å². The highest BCUT2D eigenvalue weighted by Gasteiger charge is 2.30. The van der Waals surface area contributed by atoms with E-state index in [9.17, 15) is 0 Å². The second kappa shape index (κ2) is 5.94. The van der Waals surface area contributed by atoms with Crippen LogP contribution < -0.4 is 5.32 Å². The molecule has 1 N–H and O–H groups in total. The number of nitrogens with zero attached hydrogens (tertiary/aromatic N) is 1. The Hall–Kier alpha value is -0.380. The maximum absolute atomic E-state index is 6.18. The molecule has 1 saturated carbocycles. The van der Waals surface area contributed by atoms with Crippen molar-refractivity contribution in [2.75, 3.05) is 0 Å². The van der Waals surface area contributed by atoms with E-state index < -0.39 is 0 Å². The highest BCUT2D eigenvalue weighted by Crippen LogP contribution is 2.29. The van der Waals surface area contributed by atoms with E-state index in [0.717, 1.165) is 21.5 Å². The van der Waals surface area contributed by atoms with Gasteiger partial charge in [-0.25, -0.2) is 0 Å². The quantitative estimate of drug-likeness (QED) is 0.869. The van der Waals surface area contributed by atoms with Gasteiger partial charge in [0.25, 0.3) is 0 Å². The summed E-state index contributed by atoms with van der Waals surface area (Å²) in [6, 6.07) is 6.73. The molecule has 1 fully saturated rings. The first-order valence-corrected chi connectivity index (χ1v) is 8.37. The summed E-state index contributed by atoms with van der Waals surface area (Å²) in [5, 5.41) is 6.02. The van der Waals surface area contributed by atoms with E-state index in [-0.39, 0.29) is 0 Å². The highest BCUT2D eigenvalue weighted by molar-refractivity contribution is 8.13. The van der Waals surface area contributed by atoms with E-state index in [1.807, 2.05) is 12.1 Å². The van der Waals surface area contributed by atoms with E-state index >= 15 is 0 Å². The van der Waals surface area contributed by atoms with E-state index in [0.29, 0.717) is 17.1 Å². The Morgan fingerprint density at radius 1 is 1.26 bits per heavy atom. The molecule has 0 bridgehead atoms. The van der Waals surface area contributed by atoms with Crippen LogP contribution in [0.3, 0.4) is 0 Å². The predicted octanol–water partition coefficient (Wildman–Crippen LogP) is 4.50. The van der Waals surface area contributed by atoms with Crippen molar-refractivity contribution in [1.82, 2.24) is 5.32 Å². The Balaban J connectivity index is 1.60. The van der Waals surface area contributed by atoms with Gasteiger partial charge >= 0.3 is 0 Å². The lowest BCUT2D eigenvalue weighted by molar-refractivity contribution is 0.385. The number of thioether (sulfide) groups is 1. The highest BCUT2D eigenvalue weighted by atomic mass is 35.5. The number of aliphatic imine (C=N–C) groups is 1. The summed E-state index contributed by atoms with van der Waals surface area (Å²) < 4.78 is 0. The topological polar surface area (TPSA) is 24.4 Å².